The third-order valence-corrected chi connectivity index (χ3v) is 8.54. The number of primary amides is 1. The maximum absolute atomic E-state index is 13.3. The molecule has 1 aromatic rings. The molecule has 5 N–H and O–H groups in total. The fourth-order valence-corrected chi connectivity index (χ4v) is 5.16. The molecule has 274 valence electrons. The topological polar surface area (TPSA) is 202 Å². The number of methoxy groups -OCH3 is 2. The molecule has 0 heterocycles. The minimum atomic E-state index is -1.09. The van der Waals surface area contributed by atoms with Gasteiger partial charge in [0.15, 0.2) is 11.5 Å². The highest BCUT2D eigenvalue weighted by molar-refractivity contribution is 5.83. The van der Waals surface area contributed by atoms with Crippen molar-refractivity contribution >= 4 is 17.7 Å². The lowest BCUT2D eigenvalue weighted by molar-refractivity contribution is -0.757. The Morgan fingerprint density at radius 1 is 1.00 bits per heavy atom. The molecule has 48 heavy (non-hydrogen) atoms. The van der Waals surface area contributed by atoms with Gasteiger partial charge >= 0.3 is 0 Å². The Balaban J connectivity index is 3.24. The first-order valence-electron chi connectivity index (χ1n) is 16.6. The highest BCUT2D eigenvalue weighted by Gasteiger charge is 2.33. The first kappa shape index (κ1) is 42.4. The summed E-state index contributed by atoms with van der Waals surface area (Å²) in [5.74, 6) is -0.661. The molecule has 14 nitrogen and oxygen atoms in total. The minimum absolute atomic E-state index is 0.000182. The molecule has 0 aromatic heterocycles. The molecule has 0 aliphatic heterocycles. The quantitative estimate of drug-likeness (QED) is 0.0672. The molecule has 0 saturated heterocycles. The zero-order valence-electron chi connectivity index (χ0n) is 29.9. The summed E-state index contributed by atoms with van der Waals surface area (Å²) in [5, 5.41) is 26.9. The highest BCUT2D eigenvalue weighted by atomic mass is 16.9. The van der Waals surface area contributed by atoms with E-state index >= 15 is 0 Å². The zero-order chi connectivity index (χ0) is 36.4. The Hall–Kier alpha value is -3.65. The summed E-state index contributed by atoms with van der Waals surface area (Å²) in [5.41, 5.74) is 5.51. The molecule has 4 atom stereocenters. The number of hydrogen-bond donors (Lipinski definition) is 4. The Morgan fingerprint density at radius 3 is 2.25 bits per heavy atom. The highest BCUT2D eigenvalue weighted by Crippen LogP contribution is 2.32. The van der Waals surface area contributed by atoms with E-state index in [1.807, 2.05) is 32.0 Å². The summed E-state index contributed by atoms with van der Waals surface area (Å²) in [7, 11) is 3.21. The number of ether oxygens (including phenoxy) is 3. The van der Waals surface area contributed by atoms with Crippen LogP contribution in [0.1, 0.15) is 79.2 Å². The molecule has 1 aromatic carbocycles. The van der Waals surface area contributed by atoms with E-state index in [-0.39, 0.29) is 56.1 Å². The predicted octanol–water partition coefficient (Wildman–Crippen LogP) is 3.44. The first-order chi connectivity index (χ1) is 22.5. The molecular formula is C34H58N4O10. The monoisotopic (exact) mass is 682 g/mol. The van der Waals surface area contributed by atoms with E-state index in [1.54, 1.807) is 28.1 Å². The van der Waals surface area contributed by atoms with Gasteiger partial charge in [0.05, 0.1) is 37.9 Å². The molecule has 0 aliphatic rings. The lowest BCUT2D eigenvalue weighted by atomic mass is 9.80. The van der Waals surface area contributed by atoms with E-state index in [0.717, 1.165) is 5.56 Å². The summed E-state index contributed by atoms with van der Waals surface area (Å²) in [6.07, 6.45) is 0.770. The van der Waals surface area contributed by atoms with Crippen LogP contribution in [0, 0.1) is 39.2 Å². The first-order valence-corrected chi connectivity index (χ1v) is 16.6. The molecule has 3 amide bonds. The number of nitrogens with zero attached hydrogens (tertiary/aromatic N) is 1. The lowest BCUT2D eigenvalue weighted by Gasteiger charge is -2.33. The molecule has 0 spiro atoms. The second kappa shape index (κ2) is 21.3. The fourth-order valence-electron chi connectivity index (χ4n) is 5.16. The van der Waals surface area contributed by atoms with Crippen molar-refractivity contribution in [2.75, 3.05) is 40.6 Å². The lowest BCUT2D eigenvalue weighted by Crippen LogP contribution is -2.49. The van der Waals surface area contributed by atoms with Crippen LogP contribution < -0.4 is 25.8 Å². The summed E-state index contributed by atoms with van der Waals surface area (Å²) >= 11 is 0. The fraction of sp³-hybridized carbons (Fsp3) is 0.735. The third kappa shape index (κ3) is 15.5. The van der Waals surface area contributed by atoms with Crippen molar-refractivity contribution in [3.05, 3.63) is 33.9 Å². The maximum Gasteiger partial charge on any atom is 0.294 e. The average Bonchev–Trinajstić information content (AvgIpc) is 3.01. The molecular weight excluding hydrogens is 624 g/mol. The van der Waals surface area contributed by atoms with Crippen molar-refractivity contribution in [2.24, 2.45) is 34.8 Å². The Bertz CT molecular complexity index is 1160. The number of benzene rings is 1. The van der Waals surface area contributed by atoms with Gasteiger partial charge in [-0.3, -0.25) is 14.4 Å². The van der Waals surface area contributed by atoms with E-state index in [0.29, 0.717) is 44.0 Å². The molecule has 14 heteroatoms. The summed E-state index contributed by atoms with van der Waals surface area (Å²) in [6.45, 7) is 12.0. The van der Waals surface area contributed by atoms with E-state index in [4.69, 9.17) is 19.9 Å². The zero-order valence-corrected chi connectivity index (χ0v) is 29.9. The van der Waals surface area contributed by atoms with Gasteiger partial charge in [0.25, 0.3) is 5.09 Å². The van der Waals surface area contributed by atoms with Crippen LogP contribution in [0.15, 0.2) is 18.2 Å². The van der Waals surface area contributed by atoms with Crippen LogP contribution in [0.25, 0.3) is 0 Å². The molecule has 0 bridgehead atoms. The molecule has 0 saturated carbocycles. The number of nitrogens with two attached hydrogens (primary N) is 1. The third-order valence-electron chi connectivity index (χ3n) is 8.54. The van der Waals surface area contributed by atoms with E-state index in [2.05, 4.69) is 29.3 Å². The molecule has 0 aliphatic carbocycles. The second-order valence-corrected chi connectivity index (χ2v) is 13.6. The smallest absolute Gasteiger partial charge is 0.294 e. The van der Waals surface area contributed by atoms with Crippen LogP contribution in [0.4, 0.5) is 0 Å². The van der Waals surface area contributed by atoms with Crippen molar-refractivity contribution in [1.82, 2.24) is 10.6 Å². The van der Waals surface area contributed by atoms with Crippen LogP contribution in [0.3, 0.4) is 0 Å². The SMILES string of the molecule is COCCCOc1cc(C[C@@H](C[C@H](NC(=O)CCCO[N+](=O)[O-])[C@@H](O)C[C@H](C(=O)NCC(C)(C)C(N)=O)C(C)C)C(C)C)ccc1OC. The van der Waals surface area contributed by atoms with Crippen molar-refractivity contribution in [1.29, 1.82) is 0 Å². The van der Waals surface area contributed by atoms with Gasteiger partial charge in [-0.1, -0.05) is 33.8 Å². The number of carbonyl (C=O) groups excluding carboxylic acids is 3. The Morgan fingerprint density at radius 2 is 1.69 bits per heavy atom. The van der Waals surface area contributed by atoms with Gasteiger partial charge in [0, 0.05) is 39.0 Å². The Labute approximate surface area is 284 Å². The molecule has 0 unspecified atom stereocenters. The Kier molecular flexibility index (Phi) is 18.8. The average molecular weight is 683 g/mol. The van der Waals surface area contributed by atoms with Gasteiger partial charge in [-0.2, -0.15) is 0 Å². The van der Waals surface area contributed by atoms with Crippen molar-refractivity contribution < 1.29 is 43.6 Å². The number of rotatable bonds is 25. The van der Waals surface area contributed by atoms with E-state index in [1.165, 1.54) is 0 Å². The van der Waals surface area contributed by atoms with Crippen molar-refractivity contribution in [2.45, 2.75) is 92.2 Å². The summed E-state index contributed by atoms with van der Waals surface area (Å²) < 4.78 is 16.6. The molecule has 0 fully saturated rings. The number of nitrogens with one attached hydrogen (secondary N) is 2. The number of amides is 3. The van der Waals surface area contributed by atoms with Crippen LogP contribution in [0.2, 0.25) is 0 Å². The van der Waals surface area contributed by atoms with Crippen LogP contribution >= 0.6 is 0 Å². The van der Waals surface area contributed by atoms with Gasteiger partial charge in [-0.25, -0.2) is 0 Å². The number of carbonyl (C=O) groups is 3. The van der Waals surface area contributed by atoms with Crippen LogP contribution in [-0.2, 0) is 30.4 Å². The standard InChI is InChI=1S/C34H58N4O10/c1-22(2)25(17-24-12-13-29(46-8)30(18-24)47-15-10-14-45-7)19-27(37-31(40)11-9-16-48-38(43)44)28(39)20-26(23(3)4)32(41)36-21-34(5,6)33(35)42/h12-13,18,22-23,25-28,39H,9-11,14-17,19-21H2,1-8H3,(H2,35,42)(H,36,41)(H,37,40)/t25-,26-,27-,28-/m0/s1. The molecule has 1 rings (SSSR count). The van der Waals surface area contributed by atoms with Crippen molar-refractivity contribution in [3.8, 4) is 11.5 Å². The summed E-state index contributed by atoms with van der Waals surface area (Å²) in [4.78, 5) is 52.9. The van der Waals surface area contributed by atoms with Crippen molar-refractivity contribution in [3.63, 3.8) is 0 Å². The minimum Gasteiger partial charge on any atom is -0.493 e. The van der Waals surface area contributed by atoms with E-state index < -0.39 is 40.4 Å². The van der Waals surface area contributed by atoms with Gasteiger partial charge in [0.1, 0.15) is 0 Å². The van der Waals surface area contributed by atoms with Crippen LogP contribution in [-0.4, -0.2) is 80.6 Å². The summed E-state index contributed by atoms with van der Waals surface area (Å²) in [6, 6.07) is 5.03. The normalized spacial score (nSPS) is 14.1. The number of aliphatic hydroxyl groups is 1. The molecule has 0 radical (unpaired) electrons. The van der Waals surface area contributed by atoms with Gasteiger partial charge < -0.3 is 40.5 Å². The van der Waals surface area contributed by atoms with Crippen LogP contribution in [0.5, 0.6) is 11.5 Å². The largest absolute Gasteiger partial charge is 0.493 e. The maximum atomic E-state index is 13.3. The van der Waals surface area contributed by atoms with Gasteiger partial charge in [-0.05, 0) is 75.0 Å². The van der Waals surface area contributed by atoms with Gasteiger partial charge in [-0.15, -0.1) is 10.1 Å². The second-order valence-electron chi connectivity index (χ2n) is 13.6. The van der Waals surface area contributed by atoms with Gasteiger partial charge in [0.2, 0.25) is 17.7 Å². The number of aliphatic hydroxyl groups excluding tert-OH is 1. The number of hydrogen-bond acceptors (Lipinski definition) is 10. The van der Waals surface area contributed by atoms with E-state index in [9.17, 15) is 29.6 Å². The predicted molar refractivity (Wildman–Crippen MR) is 181 cm³/mol.